The van der Waals surface area contributed by atoms with Crippen molar-refractivity contribution >= 4 is 41.2 Å². The van der Waals surface area contributed by atoms with Crippen molar-refractivity contribution in [2.45, 2.75) is 58.1 Å². The third-order valence-corrected chi connectivity index (χ3v) is 8.49. The molecule has 1 aliphatic carbocycles. The minimum atomic E-state index is -1.03. The summed E-state index contributed by atoms with van der Waals surface area (Å²) in [6.45, 7) is 5.23. The Bertz CT molecular complexity index is 1750. The summed E-state index contributed by atoms with van der Waals surface area (Å²) < 4.78 is 7.18. The van der Waals surface area contributed by atoms with Crippen LogP contribution in [0.5, 0.6) is 0 Å². The normalized spacial score (nSPS) is 14.0. The molecule has 3 aromatic carbocycles. The molecule has 1 aliphatic rings. The number of aryl methyl sites for hydroxylation is 1. The molecule has 0 bridgehead atoms. The van der Waals surface area contributed by atoms with Crippen LogP contribution in [-0.2, 0) is 21.4 Å². The molecule has 12 heteroatoms. The number of aliphatic carboxylic acids is 2. The maximum Gasteiger partial charge on any atom is 0.412 e. The van der Waals surface area contributed by atoms with E-state index >= 15 is 0 Å². The second-order valence-corrected chi connectivity index (χ2v) is 12.1. The summed E-state index contributed by atoms with van der Waals surface area (Å²) in [5.41, 5.74) is 4.24. The first kappa shape index (κ1) is 35.7. The zero-order chi connectivity index (χ0) is 35.0. The summed E-state index contributed by atoms with van der Waals surface area (Å²) in [6.07, 6.45) is 1.21. The Balaban J connectivity index is 0.000000401. The van der Waals surface area contributed by atoms with E-state index in [4.69, 9.17) is 21.4 Å². The quantitative estimate of drug-likeness (QED) is 0.130. The Kier molecular flexibility index (Phi) is 12.0. The van der Waals surface area contributed by atoms with Crippen LogP contribution in [0.25, 0.3) is 11.3 Å². The Morgan fingerprint density at radius 3 is 2.15 bits per heavy atom. The number of nitrogens with one attached hydrogen (secondary N) is 2. The standard InChI is InChI=1S/C27H29ClN4O5.C9H10O2/c1-15-23(30-27(36)37-16(2)20-6-4-5-7-21(20)28)24(31-32(15)3)18-10-12-19(13-11-18)25(33)29-22(26(34)35)14-17-8-9-17;1-7(9(10)11)8-5-3-2-4-6-8/h4-7,10-13,16-17,22H,8-9,14H2,1-3H3,(H,29,33)(H,30,36)(H,34,35);2-7H,1H3,(H,10,11). The molecular formula is C36H39ClN4O7. The first-order valence-electron chi connectivity index (χ1n) is 15.5. The summed E-state index contributed by atoms with van der Waals surface area (Å²) in [4.78, 5) is 47.4. The van der Waals surface area contributed by atoms with E-state index in [1.165, 1.54) is 0 Å². The van der Waals surface area contributed by atoms with Gasteiger partial charge in [0.1, 0.15) is 17.8 Å². The molecule has 0 spiro atoms. The van der Waals surface area contributed by atoms with Crippen LogP contribution in [0.15, 0.2) is 78.9 Å². The highest BCUT2D eigenvalue weighted by molar-refractivity contribution is 6.31. The maximum absolute atomic E-state index is 12.7. The van der Waals surface area contributed by atoms with Crippen LogP contribution in [0.4, 0.5) is 10.5 Å². The average Bonchev–Trinajstić information content (AvgIpc) is 3.85. The molecule has 1 heterocycles. The van der Waals surface area contributed by atoms with Gasteiger partial charge >= 0.3 is 18.0 Å². The van der Waals surface area contributed by atoms with E-state index in [9.17, 15) is 24.3 Å². The number of aromatic nitrogens is 2. The van der Waals surface area contributed by atoms with Gasteiger partial charge in [-0.05, 0) is 56.9 Å². The fraction of sp³-hybridized carbons (Fsp3) is 0.306. The van der Waals surface area contributed by atoms with Gasteiger partial charge in [-0.3, -0.25) is 19.6 Å². The van der Waals surface area contributed by atoms with Crippen molar-refractivity contribution in [3.05, 3.63) is 106 Å². The molecule has 3 atom stereocenters. The van der Waals surface area contributed by atoms with Crippen molar-refractivity contribution in [1.82, 2.24) is 15.1 Å². The highest BCUT2D eigenvalue weighted by Gasteiger charge is 2.30. The largest absolute Gasteiger partial charge is 0.481 e. The van der Waals surface area contributed by atoms with Gasteiger partial charge < -0.3 is 20.3 Å². The van der Waals surface area contributed by atoms with Gasteiger partial charge in [-0.15, -0.1) is 0 Å². The predicted molar refractivity (Wildman–Crippen MR) is 182 cm³/mol. The Labute approximate surface area is 283 Å². The number of halogens is 1. The minimum absolute atomic E-state index is 0.334. The van der Waals surface area contributed by atoms with Crippen molar-refractivity contribution in [1.29, 1.82) is 0 Å². The van der Waals surface area contributed by atoms with Crippen LogP contribution in [0.2, 0.25) is 5.02 Å². The van der Waals surface area contributed by atoms with E-state index < -0.39 is 42.0 Å². The van der Waals surface area contributed by atoms with Crippen molar-refractivity contribution in [2.24, 2.45) is 13.0 Å². The first-order valence-corrected chi connectivity index (χ1v) is 15.9. The number of carbonyl (C=O) groups is 4. The van der Waals surface area contributed by atoms with Gasteiger partial charge in [0.25, 0.3) is 5.91 Å². The molecular weight excluding hydrogens is 636 g/mol. The molecule has 0 radical (unpaired) electrons. The van der Waals surface area contributed by atoms with E-state index in [1.54, 1.807) is 68.0 Å². The highest BCUT2D eigenvalue weighted by Crippen LogP contribution is 2.34. The van der Waals surface area contributed by atoms with Crippen LogP contribution < -0.4 is 10.6 Å². The first-order chi connectivity index (χ1) is 22.8. The minimum Gasteiger partial charge on any atom is -0.481 e. The molecule has 2 amide bonds. The van der Waals surface area contributed by atoms with E-state index in [0.29, 0.717) is 51.1 Å². The maximum atomic E-state index is 12.7. The third kappa shape index (κ3) is 9.45. The number of carboxylic acids is 2. The van der Waals surface area contributed by atoms with Gasteiger partial charge in [0.2, 0.25) is 0 Å². The summed E-state index contributed by atoms with van der Waals surface area (Å²) in [7, 11) is 1.76. The smallest absolute Gasteiger partial charge is 0.412 e. The SMILES string of the molecule is CC(C(=O)O)c1ccccc1.Cc1c(NC(=O)OC(C)c2ccccc2Cl)c(-c2ccc(C(=O)NC(CC3CC3)C(=O)O)cc2)nn1C. The van der Waals surface area contributed by atoms with Gasteiger partial charge in [-0.25, -0.2) is 9.59 Å². The van der Waals surface area contributed by atoms with Gasteiger partial charge in [-0.1, -0.05) is 85.1 Å². The van der Waals surface area contributed by atoms with Crippen LogP contribution in [0, 0.1) is 12.8 Å². The molecule has 5 rings (SSSR count). The molecule has 1 saturated carbocycles. The van der Waals surface area contributed by atoms with E-state index in [0.717, 1.165) is 18.4 Å². The number of ether oxygens (including phenoxy) is 1. The number of rotatable bonds is 11. The van der Waals surface area contributed by atoms with E-state index in [1.807, 2.05) is 43.3 Å². The van der Waals surface area contributed by atoms with Gasteiger partial charge in [0, 0.05) is 28.8 Å². The Morgan fingerprint density at radius 1 is 0.938 bits per heavy atom. The third-order valence-electron chi connectivity index (χ3n) is 8.15. The molecule has 11 nitrogen and oxygen atoms in total. The molecule has 252 valence electrons. The molecule has 4 N–H and O–H groups in total. The predicted octanol–water partition coefficient (Wildman–Crippen LogP) is 7.22. The Morgan fingerprint density at radius 2 is 1.56 bits per heavy atom. The van der Waals surface area contributed by atoms with Crippen LogP contribution in [0.3, 0.4) is 0 Å². The number of benzene rings is 3. The molecule has 0 saturated heterocycles. The van der Waals surface area contributed by atoms with Crippen LogP contribution in [0.1, 0.15) is 72.3 Å². The molecule has 3 unspecified atom stereocenters. The van der Waals surface area contributed by atoms with Crippen molar-refractivity contribution in [3.63, 3.8) is 0 Å². The molecule has 4 aromatic rings. The van der Waals surface area contributed by atoms with E-state index in [2.05, 4.69) is 15.7 Å². The number of amides is 2. The number of carbonyl (C=O) groups excluding carboxylic acids is 2. The van der Waals surface area contributed by atoms with Crippen LogP contribution in [-0.4, -0.2) is 50.0 Å². The van der Waals surface area contributed by atoms with Crippen molar-refractivity contribution in [3.8, 4) is 11.3 Å². The number of carboxylic acid groups (broad SMARTS) is 2. The van der Waals surface area contributed by atoms with Crippen molar-refractivity contribution < 1.29 is 34.1 Å². The molecule has 48 heavy (non-hydrogen) atoms. The number of hydrogen-bond acceptors (Lipinski definition) is 6. The highest BCUT2D eigenvalue weighted by atomic mass is 35.5. The zero-order valence-corrected chi connectivity index (χ0v) is 27.9. The monoisotopic (exact) mass is 674 g/mol. The van der Waals surface area contributed by atoms with E-state index in [-0.39, 0.29) is 0 Å². The molecule has 0 aliphatic heterocycles. The topological polar surface area (TPSA) is 160 Å². The lowest BCUT2D eigenvalue weighted by Crippen LogP contribution is -2.41. The fourth-order valence-corrected chi connectivity index (χ4v) is 5.22. The lowest BCUT2D eigenvalue weighted by Gasteiger charge is -2.16. The van der Waals surface area contributed by atoms with Crippen molar-refractivity contribution in [2.75, 3.05) is 5.32 Å². The summed E-state index contributed by atoms with van der Waals surface area (Å²) >= 11 is 6.22. The van der Waals surface area contributed by atoms with Gasteiger partial charge in [0.05, 0.1) is 17.3 Å². The second kappa shape index (κ2) is 16.1. The fourth-order valence-electron chi connectivity index (χ4n) is 4.93. The van der Waals surface area contributed by atoms with Gasteiger partial charge in [-0.2, -0.15) is 5.10 Å². The molecule has 1 aromatic heterocycles. The summed E-state index contributed by atoms with van der Waals surface area (Å²) in [5, 5.41) is 28.5. The second-order valence-electron chi connectivity index (χ2n) is 11.7. The Hall–Kier alpha value is -5.16. The number of anilines is 1. The van der Waals surface area contributed by atoms with Crippen LogP contribution >= 0.6 is 11.6 Å². The lowest BCUT2D eigenvalue weighted by molar-refractivity contribution is -0.140. The number of nitrogens with zero attached hydrogens (tertiary/aromatic N) is 2. The lowest BCUT2D eigenvalue weighted by atomic mass is 10.0. The average molecular weight is 675 g/mol. The summed E-state index contributed by atoms with van der Waals surface area (Å²) in [5.74, 6) is -2.31. The number of hydrogen-bond donors (Lipinski definition) is 4. The molecule has 1 fully saturated rings. The van der Waals surface area contributed by atoms with Gasteiger partial charge in [0.15, 0.2) is 0 Å². The summed E-state index contributed by atoms with van der Waals surface area (Å²) in [6, 6.07) is 22.1. The zero-order valence-electron chi connectivity index (χ0n) is 27.1.